The first-order valence-corrected chi connectivity index (χ1v) is 11.9. The Morgan fingerprint density at radius 3 is 2.42 bits per heavy atom. The van der Waals surface area contributed by atoms with Crippen molar-refractivity contribution >= 4 is 50.5 Å². The van der Waals surface area contributed by atoms with E-state index in [0.717, 1.165) is 0 Å². The molecule has 0 spiro atoms. The van der Waals surface area contributed by atoms with E-state index in [1.807, 2.05) is 0 Å². The third-order valence-electron chi connectivity index (χ3n) is 4.77. The summed E-state index contributed by atoms with van der Waals surface area (Å²) in [7, 11) is -4.24. The number of anilines is 1. The molecule has 3 aromatic carbocycles. The number of nitro benzene ring substituents is 1. The molecule has 1 atom stereocenters. The van der Waals surface area contributed by atoms with Crippen LogP contribution in [0.5, 0.6) is 0 Å². The van der Waals surface area contributed by atoms with Gasteiger partial charge >= 0.3 is 0 Å². The molecule has 0 unspecified atom stereocenters. The second-order valence-electron chi connectivity index (χ2n) is 7.18. The molecule has 2 N–H and O–H groups in total. The fourth-order valence-corrected chi connectivity index (χ4v) is 5.01. The molecule has 11 heteroatoms. The second kappa shape index (κ2) is 10.3. The summed E-state index contributed by atoms with van der Waals surface area (Å²) in [6, 6.07) is 15.6. The molecule has 8 nitrogen and oxygen atoms in total. The zero-order chi connectivity index (χ0) is 24.2. The van der Waals surface area contributed by atoms with Crippen LogP contribution in [-0.2, 0) is 21.2 Å². The van der Waals surface area contributed by atoms with Crippen LogP contribution < -0.4 is 10.0 Å². The van der Waals surface area contributed by atoms with E-state index in [2.05, 4.69) is 10.0 Å². The van der Waals surface area contributed by atoms with Crippen LogP contribution in [0.15, 0.2) is 71.6 Å². The predicted molar refractivity (Wildman–Crippen MR) is 127 cm³/mol. The number of carbonyl (C=O) groups excluding carboxylic acids is 1. The highest BCUT2D eigenvalue weighted by molar-refractivity contribution is 7.89. The van der Waals surface area contributed by atoms with Crippen molar-refractivity contribution in [1.82, 2.24) is 4.72 Å². The summed E-state index contributed by atoms with van der Waals surface area (Å²) in [5.41, 5.74) is 1.27. The average Bonchev–Trinajstić information content (AvgIpc) is 2.76. The minimum Gasteiger partial charge on any atom is -0.324 e. The Morgan fingerprint density at radius 2 is 1.76 bits per heavy atom. The number of hydrogen-bond acceptors (Lipinski definition) is 5. The Morgan fingerprint density at radius 1 is 1.06 bits per heavy atom. The minimum atomic E-state index is -4.24. The van der Waals surface area contributed by atoms with Gasteiger partial charge in [0.2, 0.25) is 15.9 Å². The van der Waals surface area contributed by atoms with Gasteiger partial charge in [-0.1, -0.05) is 59.6 Å². The Balaban J connectivity index is 1.94. The lowest BCUT2D eigenvalue weighted by Crippen LogP contribution is -2.45. The van der Waals surface area contributed by atoms with E-state index in [0.29, 0.717) is 11.1 Å². The summed E-state index contributed by atoms with van der Waals surface area (Å²) >= 11 is 12.0. The van der Waals surface area contributed by atoms with Gasteiger partial charge in [0.1, 0.15) is 10.9 Å². The lowest BCUT2D eigenvalue weighted by atomic mass is 10.1. The van der Waals surface area contributed by atoms with Crippen LogP contribution in [0.1, 0.15) is 11.1 Å². The van der Waals surface area contributed by atoms with Crippen molar-refractivity contribution < 1.29 is 18.1 Å². The molecule has 0 fully saturated rings. The van der Waals surface area contributed by atoms with Gasteiger partial charge in [-0.25, -0.2) is 8.42 Å². The molecule has 0 heterocycles. The third-order valence-corrected chi connectivity index (χ3v) is 6.96. The fourth-order valence-electron chi connectivity index (χ4n) is 3.05. The van der Waals surface area contributed by atoms with Crippen LogP contribution in [0, 0.1) is 17.0 Å². The molecule has 0 aliphatic carbocycles. The van der Waals surface area contributed by atoms with Crippen LogP contribution in [0.4, 0.5) is 11.4 Å². The first kappa shape index (κ1) is 24.7. The number of carbonyl (C=O) groups is 1. The van der Waals surface area contributed by atoms with Gasteiger partial charge in [0, 0.05) is 17.2 Å². The maximum absolute atomic E-state index is 13.1. The number of nitro groups is 1. The molecule has 0 aromatic heterocycles. The van der Waals surface area contributed by atoms with Gasteiger partial charge < -0.3 is 5.32 Å². The fraction of sp³-hybridized carbons (Fsp3) is 0.136. The summed E-state index contributed by atoms with van der Waals surface area (Å²) in [4.78, 5) is 23.4. The lowest BCUT2D eigenvalue weighted by molar-refractivity contribution is -0.384. The Kier molecular flexibility index (Phi) is 7.70. The number of hydrogen-bond donors (Lipinski definition) is 2. The molecule has 3 aromatic rings. The molecular weight excluding hydrogens is 489 g/mol. The van der Waals surface area contributed by atoms with E-state index in [-0.39, 0.29) is 32.7 Å². The van der Waals surface area contributed by atoms with Crippen LogP contribution in [-0.4, -0.2) is 25.3 Å². The largest absolute Gasteiger partial charge is 0.324 e. The number of benzene rings is 3. The van der Waals surface area contributed by atoms with E-state index in [1.54, 1.807) is 37.3 Å². The van der Waals surface area contributed by atoms with E-state index < -0.39 is 26.9 Å². The molecule has 0 aliphatic heterocycles. The van der Waals surface area contributed by atoms with E-state index >= 15 is 0 Å². The van der Waals surface area contributed by atoms with Crippen molar-refractivity contribution in [3.63, 3.8) is 0 Å². The predicted octanol–water partition coefficient (Wildman–Crippen LogP) is 4.74. The number of nitrogens with zero attached hydrogens (tertiary/aromatic N) is 1. The highest BCUT2D eigenvalue weighted by atomic mass is 35.5. The molecule has 0 aliphatic rings. The van der Waals surface area contributed by atoms with Crippen molar-refractivity contribution in [2.24, 2.45) is 0 Å². The second-order valence-corrected chi connectivity index (χ2v) is 9.71. The van der Waals surface area contributed by atoms with E-state index in [4.69, 9.17) is 23.2 Å². The molecular formula is C22H19Cl2N3O5S. The van der Waals surface area contributed by atoms with Gasteiger partial charge in [0.25, 0.3) is 5.69 Å². The van der Waals surface area contributed by atoms with Crippen LogP contribution in [0.3, 0.4) is 0 Å². The first-order chi connectivity index (χ1) is 15.6. The lowest BCUT2D eigenvalue weighted by Gasteiger charge is -2.20. The number of amides is 1. The molecule has 33 heavy (non-hydrogen) atoms. The van der Waals surface area contributed by atoms with E-state index in [9.17, 15) is 23.3 Å². The normalized spacial score (nSPS) is 12.2. The maximum Gasteiger partial charge on any atom is 0.271 e. The Bertz CT molecular complexity index is 1300. The quantitative estimate of drug-likeness (QED) is 0.337. The monoisotopic (exact) mass is 507 g/mol. The molecule has 0 bridgehead atoms. The average molecular weight is 508 g/mol. The van der Waals surface area contributed by atoms with Gasteiger partial charge in [-0.3, -0.25) is 14.9 Å². The van der Waals surface area contributed by atoms with Crippen molar-refractivity contribution in [2.75, 3.05) is 5.32 Å². The van der Waals surface area contributed by atoms with Crippen LogP contribution in [0.2, 0.25) is 10.0 Å². The minimum absolute atomic E-state index is 0.0259. The number of non-ortho nitro benzene ring substituents is 1. The van der Waals surface area contributed by atoms with Crippen LogP contribution >= 0.6 is 23.2 Å². The zero-order valence-electron chi connectivity index (χ0n) is 17.3. The summed E-state index contributed by atoms with van der Waals surface area (Å²) in [5.74, 6) is -0.691. The summed E-state index contributed by atoms with van der Waals surface area (Å²) in [6.07, 6.45) is 0.0259. The number of rotatable bonds is 8. The summed E-state index contributed by atoms with van der Waals surface area (Å²) in [5, 5.41) is 13.8. The SMILES string of the molecule is Cc1ccc([N+](=O)[O-])cc1NC(=O)[C@H](Cc1ccccc1)NS(=O)(=O)c1cc(Cl)ccc1Cl. The number of sulfonamides is 1. The van der Waals surface area contributed by atoms with Gasteiger partial charge in [-0.05, 0) is 42.7 Å². The maximum atomic E-state index is 13.1. The highest BCUT2D eigenvalue weighted by Crippen LogP contribution is 2.26. The Labute approximate surface area is 200 Å². The van der Waals surface area contributed by atoms with E-state index in [1.165, 1.54) is 36.4 Å². The number of halogens is 2. The van der Waals surface area contributed by atoms with Crippen LogP contribution in [0.25, 0.3) is 0 Å². The highest BCUT2D eigenvalue weighted by Gasteiger charge is 2.28. The molecule has 1 amide bonds. The van der Waals surface area contributed by atoms with Gasteiger partial charge in [-0.2, -0.15) is 4.72 Å². The molecule has 0 radical (unpaired) electrons. The Hall–Kier alpha value is -2.98. The van der Waals surface area contributed by atoms with Crippen molar-refractivity contribution in [1.29, 1.82) is 0 Å². The zero-order valence-corrected chi connectivity index (χ0v) is 19.6. The number of nitrogens with one attached hydrogen (secondary N) is 2. The summed E-state index contributed by atoms with van der Waals surface area (Å²) in [6.45, 7) is 1.67. The smallest absolute Gasteiger partial charge is 0.271 e. The first-order valence-electron chi connectivity index (χ1n) is 9.64. The van der Waals surface area contributed by atoms with Crippen molar-refractivity contribution in [2.45, 2.75) is 24.3 Å². The van der Waals surface area contributed by atoms with Gasteiger partial charge in [-0.15, -0.1) is 0 Å². The number of aryl methyl sites for hydroxylation is 1. The standard InChI is InChI=1S/C22H19Cl2N3O5S/c1-14-7-9-17(27(29)30)13-19(14)25-22(28)20(11-15-5-3-2-4-6-15)26-33(31,32)21-12-16(23)8-10-18(21)24/h2-10,12-13,20,26H,11H2,1H3,(H,25,28)/t20-/m0/s1. The topological polar surface area (TPSA) is 118 Å². The third kappa shape index (κ3) is 6.29. The summed E-state index contributed by atoms with van der Waals surface area (Å²) < 4.78 is 28.5. The molecule has 3 rings (SSSR count). The molecule has 0 saturated carbocycles. The molecule has 172 valence electrons. The van der Waals surface area contributed by atoms with Crippen molar-refractivity contribution in [3.05, 3.63) is 98.0 Å². The van der Waals surface area contributed by atoms with Crippen molar-refractivity contribution in [3.8, 4) is 0 Å². The van der Waals surface area contributed by atoms with Gasteiger partial charge in [0.15, 0.2) is 0 Å². The molecule has 0 saturated heterocycles. The van der Waals surface area contributed by atoms with Gasteiger partial charge in [0.05, 0.1) is 15.6 Å².